The molecule has 0 spiro atoms. The molecule has 0 radical (unpaired) electrons. The van der Waals surface area contributed by atoms with Crippen LogP contribution in [0.4, 0.5) is 26.3 Å². The summed E-state index contributed by atoms with van der Waals surface area (Å²) < 4.78 is 75.3. The van der Waals surface area contributed by atoms with Gasteiger partial charge >= 0.3 is 12.4 Å². The Morgan fingerprint density at radius 3 is 1.62 bits per heavy atom. The average molecular weight is 304 g/mol. The molecule has 21 heavy (non-hydrogen) atoms. The summed E-state index contributed by atoms with van der Waals surface area (Å²) in [6.07, 6.45) is -8.88. The van der Waals surface area contributed by atoms with E-state index in [9.17, 15) is 26.3 Å². The Morgan fingerprint density at radius 2 is 1.19 bits per heavy atom. The van der Waals surface area contributed by atoms with Crippen LogP contribution in [0, 0.1) is 6.92 Å². The summed E-state index contributed by atoms with van der Waals surface area (Å²) in [5.41, 5.74) is -0.651. The maximum Gasteiger partial charge on any atom is 0.416 e. The lowest BCUT2D eigenvalue weighted by Crippen LogP contribution is -2.07. The zero-order valence-electron chi connectivity index (χ0n) is 10.8. The maximum atomic E-state index is 12.6. The summed E-state index contributed by atoms with van der Waals surface area (Å²) in [6, 6.07) is 7.78. The van der Waals surface area contributed by atoms with E-state index in [1.54, 1.807) is 0 Å². The quantitative estimate of drug-likeness (QED) is 0.593. The molecule has 0 saturated heterocycles. The normalized spacial score (nSPS) is 12.5. The van der Waals surface area contributed by atoms with Crippen molar-refractivity contribution in [1.29, 1.82) is 0 Å². The van der Waals surface area contributed by atoms with Crippen molar-refractivity contribution in [2.75, 3.05) is 0 Å². The molecule has 0 bridgehead atoms. The van der Waals surface area contributed by atoms with Crippen molar-refractivity contribution in [1.82, 2.24) is 0 Å². The van der Waals surface area contributed by atoms with E-state index in [1.165, 1.54) is 31.2 Å². The van der Waals surface area contributed by atoms with Crippen LogP contribution in [-0.2, 0) is 12.4 Å². The summed E-state index contributed by atoms with van der Waals surface area (Å²) in [5, 5.41) is 0. The Bertz CT molecular complexity index is 635. The molecule has 0 fully saturated rings. The van der Waals surface area contributed by atoms with Gasteiger partial charge in [-0.05, 0) is 41.8 Å². The largest absolute Gasteiger partial charge is 0.416 e. The van der Waals surface area contributed by atoms with Gasteiger partial charge in [0.25, 0.3) is 0 Å². The number of benzene rings is 2. The van der Waals surface area contributed by atoms with Gasteiger partial charge in [0.15, 0.2) is 0 Å². The van der Waals surface area contributed by atoms with Crippen LogP contribution in [0.3, 0.4) is 0 Å². The summed E-state index contributed by atoms with van der Waals surface area (Å²) in [6.45, 7) is 1.32. The highest BCUT2D eigenvalue weighted by atomic mass is 19.4. The predicted molar refractivity (Wildman–Crippen MR) is 66.6 cm³/mol. The van der Waals surface area contributed by atoms with Crippen molar-refractivity contribution in [3.8, 4) is 11.1 Å². The van der Waals surface area contributed by atoms with Crippen LogP contribution < -0.4 is 0 Å². The molecular formula is C15H10F6. The Labute approximate surface area is 117 Å². The van der Waals surface area contributed by atoms with E-state index in [0.717, 1.165) is 18.2 Å². The van der Waals surface area contributed by atoms with Crippen molar-refractivity contribution < 1.29 is 26.3 Å². The second-order valence-electron chi connectivity index (χ2n) is 4.60. The molecule has 112 valence electrons. The molecule has 0 aliphatic carbocycles. The molecule has 0 aromatic heterocycles. The topological polar surface area (TPSA) is 0 Å². The van der Waals surface area contributed by atoms with E-state index in [-0.39, 0.29) is 5.56 Å². The Hall–Kier alpha value is -1.98. The van der Waals surface area contributed by atoms with E-state index in [4.69, 9.17) is 0 Å². The molecule has 0 aliphatic rings. The molecule has 0 aliphatic heterocycles. The summed E-state index contributed by atoms with van der Waals surface area (Å²) >= 11 is 0. The van der Waals surface area contributed by atoms with E-state index < -0.39 is 23.5 Å². The fourth-order valence-corrected chi connectivity index (χ4v) is 2.01. The van der Waals surface area contributed by atoms with Gasteiger partial charge in [0.2, 0.25) is 0 Å². The van der Waals surface area contributed by atoms with Gasteiger partial charge in [-0.3, -0.25) is 0 Å². The maximum absolute atomic E-state index is 12.6. The summed E-state index contributed by atoms with van der Waals surface area (Å²) in [5.74, 6) is 0. The second kappa shape index (κ2) is 5.09. The van der Waals surface area contributed by atoms with Crippen molar-refractivity contribution in [3.63, 3.8) is 0 Å². The lowest BCUT2D eigenvalue weighted by Gasteiger charge is -2.12. The van der Waals surface area contributed by atoms with E-state index >= 15 is 0 Å². The molecule has 0 saturated carbocycles. The van der Waals surface area contributed by atoms with Gasteiger partial charge in [0, 0.05) is 0 Å². The summed E-state index contributed by atoms with van der Waals surface area (Å²) in [7, 11) is 0. The molecule has 0 heterocycles. The van der Waals surface area contributed by atoms with E-state index in [2.05, 4.69) is 0 Å². The van der Waals surface area contributed by atoms with Crippen LogP contribution in [0.2, 0.25) is 0 Å². The molecule has 0 N–H and O–H groups in total. The van der Waals surface area contributed by atoms with Crippen molar-refractivity contribution in [2.45, 2.75) is 19.3 Å². The van der Waals surface area contributed by atoms with Crippen LogP contribution in [0.5, 0.6) is 0 Å². The highest BCUT2D eigenvalue weighted by Crippen LogP contribution is 2.35. The van der Waals surface area contributed by atoms with Gasteiger partial charge in [-0.1, -0.05) is 24.3 Å². The zero-order chi connectivity index (χ0) is 15.8. The molecule has 0 nitrogen and oxygen atoms in total. The Morgan fingerprint density at radius 1 is 0.667 bits per heavy atom. The molecule has 0 unspecified atom stereocenters. The fraction of sp³-hybridized carbons (Fsp3) is 0.200. The van der Waals surface area contributed by atoms with Gasteiger partial charge in [0.05, 0.1) is 11.1 Å². The SMILES string of the molecule is Cc1cc(-c2ccc(C(F)(F)F)cc2)ccc1C(F)(F)F. The smallest absolute Gasteiger partial charge is 0.166 e. The minimum absolute atomic E-state index is 0.0277. The van der Waals surface area contributed by atoms with E-state index in [1.807, 2.05) is 0 Å². The van der Waals surface area contributed by atoms with Crippen LogP contribution in [0.1, 0.15) is 16.7 Å². The monoisotopic (exact) mass is 304 g/mol. The summed E-state index contributed by atoms with van der Waals surface area (Å²) in [4.78, 5) is 0. The lowest BCUT2D eigenvalue weighted by molar-refractivity contribution is -0.138. The van der Waals surface area contributed by atoms with Gasteiger partial charge < -0.3 is 0 Å². The van der Waals surface area contributed by atoms with Gasteiger partial charge in [-0.15, -0.1) is 0 Å². The second-order valence-corrected chi connectivity index (χ2v) is 4.60. The molecule has 2 aromatic carbocycles. The molecule has 0 atom stereocenters. The van der Waals surface area contributed by atoms with Gasteiger partial charge in [0.1, 0.15) is 0 Å². The van der Waals surface area contributed by atoms with Gasteiger partial charge in [-0.2, -0.15) is 26.3 Å². The Balaban J connectivity index is 2.37. The van der Waals surface area contributed by atoms with Crippen LogP contribution in [0.25, 0.3) is 11.1 Å². The number of halogens is 6. The first-order chi connectivity index (χ1) is 9.59. The molecular weight excluding hydrogens is 294 g/mol. The zero-order valence-corrected chi connectivity index (χ0v) is 10.8. The number of alkyl halides is 6. The van der Waals surface area contributed by atoms with Crippen molar-refractivity contribution in [2.24, 2.45) is 0 Å². The van der Waals surface area contributed by atoms with Crippen molar-refractivity contribution in [3.05, 3.63) is 59.2 Å². The molecule has 6 heteroatoms. The van der Waals surface area contributed by atoms with Crippen LogP contribution in [-0.4, -0.2) is 0 Å². The van der Waals surface area contributed by atoms with Crippen molar-refractivity contribution >= 4 is 0 Å². The van der Waals surface area contributed by atoms with Gasteiger partial charge in [-0.25, -0.2) is 0 Å². The fourth-order valence-electron chi connectivity index (χ4n) is 2.01. The minimum Gasteiger partial charge on any atom is -0.166 e. The number of aryl methyl sites for hydroxylation is 1. The van der Waals surface area contributed by atoms with Crippen LogP contribution in [0.15, 0.2) is 42.5 Å². The Kier molecular flexibility index (Phi) is 3.74. The first-order valence-corrected chi connectivity index (χ1v) is 5.94. The van der Waals surface area contributed by atoms with Crippen LogP contribution >= 0.6 is 0 Å². The molecule has 0 amide bonds. The third-order valence-corrected chi connectivity index (χ3v) is 3.08. The first kappa shape index (κ1) is 15.4. The third kappa shape index (κ3) is 3.37. The number of hydrogen-bond donors (Lipinski definition) is 0. The predicted octanol–water partition coefficient (Wildman–Crippen LogP) is 5.70. The minimum atomic E-state index is -4.44. The first-order valence-electron chi connectivity index (χ1n) is 5.94. The highest BCUT2D eigenvalue weighted by Gasteiger charge is 2.32. The highest BCUT2D eigenvalue weighted by molar-refractivity contribution is 5.65. The lowest BCUT2D eigenvalue weighted by atomic mass is 9.99. The number of rotatable bonds is 1. The molecule has 2 rings (SSSR count). The third-order valence-electron chi connectivity index (χ3n) is 3.08. The molecule has 2 aromatic rings. The number of hydrogen-bond acceptors (Lipinski definition) is 0. The van der Waals surface area contributed by atoms with E-state index in [0.29, 0.717) is 11.1 Å². The standard InChI is InChI=1S/C15H10F6/c1-9-8-11(4-7-13(9)15(19,20)21)10-2-5-12(6-3-10)14(16,17)18/h2-8H,1H3. The average Bonchev–Trinajstić information content (AvgIpc) is 2.36.